The molecule has 0 aliphatic heterocycles. The van der Waals surface area contributed by atoms with Gasteiger partial charge in [0, 0.05) is 23.4 Å². The Morgan fingerprint density at radius 3 is 2.35 bits per heavy atom. The summed E-state index contributed by atoms with van der Waals surface area (Å²) in [4.78, 5) is 13.7. The van der Waals surface area contributed by atoms with Gasteiger partial charge in [0.2, 0.25) is 5.91 Å². The summed E-state index contributed by atoms with van der Waals surface area (Å²) in [7, 11) is 0. The summed E-state index contributed by atoms with van der Waals surface area (Å²) in [5, 5.41) is 5.16. The van der Waals surface area contributed by atoms with E-state index in [0.717, 1.165) is 12.8 Å². The maximum atomic E-state index is 12.4. The topological polar surface area (TPSA) is 55.1 Å². The largest absolute Gasteiger partial charge is 0.355 e. The highest BCUT2D eigenvalue weighted by atomic mass is 35.5. The molecular formula is C15H27ClN2OS. The molecule has 3 nitrogen and oxygen atoms in total. The molecule has 0 atom stereocenters. The highest BCUT2D eigenvalue weighted by Gasteiger charge is 2.34. The van der Waals surface area contributed by atoms with E-state index in [9.17, 15) is 4.79 Å². The summed E-state index contributed by atoms with van der Waals surface area (Å²) in [6.45, 7) is 9.42. The van der Waals surface area contributed by atoms with Crippen molar-refractivity contribution in [1.29, 1.82) is 0 Å². The van der Waals surface area contributed by atoms with Gasteiger partial charge in [0.25, 0.3) is 0 Å². The highest BCUT2D eigenvalue weighted by Crippen LogP contribution is 2.28. The number of hydrogen-bond acceptors (Lipinski definition) is 3. The molecule has 1 aromatic rings. The second-order valence-corrected chi connectivity index (χ2v) is 6.68. The Kier molecular flexibility index (Phi) is 7.78. The van der Waals surface area contributed by atoms with Crippen molar-refractivity contribution >= 4 is 29.7 Å². The summed E-state index contributed by atoms with van der Waals surface area (Å²) >= 11 is 1.73. The maximum absolute atomic E-state index is 12.4. The molecule has 0 aliphatic carbocycles. The van der Waals surface area contributed by atoms with Crippen LogP contribution in [0.15, 0.2) is 17.5 Å². The average molecular weight is 319 g/mol. The molecule has 1 heterocycles. The zero-order chi connectivity index (χ0) is 14.5. The van der Waals surface area contributed by atoms with Crippen molar-refractivity contribution in [2.24, 2.45) is 11.1 Å². The smallest absolute Gasteiger partial charge is 0.227 e. The quantitative estimate of drug-likeness (QED) is 0.810. The molecule has 0 fully saturated rings. The molecule has 0 saturated heterocycles. The summed E-state index contributed by atoms with van der Waals surface area (Å²) in [5.41, 5.74) is 5.36. The number of carbonyl (C=O) groups excluding carboxylic acids is 1. The van der Waals surface area contributed by atoms with Crippen LogP contribution in [0.5, 0.6) is 0 Å². The molecule has 0 radical (unpaired) electrons. The summed E-state index contributed by atoms with van der Waals surface area (Å²) in [6.07, 6.45) is 1.57. The molecule has 0 unspecified atom stereocenters. The molecule has 5 heteroatoms. The zero-order valence-corrected chi connectivity index (χ0v) is 14.5. The van der Waals surface area contributed by atoms with Crippen molar-refractivity contribution < 1.29 is 4.79 Å². The highest BCUT2D eigenvalue weighted by molar-refractivity contribution is 7.10. The fourth-order valence-corrected chi connectivity index (χ4v) is 3.04. The monoisotopic (exact) mass is 318 g/mol. The molecule has 0 bridgehead atoms. The van der Waals surface area contributed by atoms with Crippen LogP contribution in [0.1, 0.15) is 45.4 Å². The Bertz CT molecular complexity index is 392. The number of amides is 1. The number of carbonyl (C=O) groups is 1. The molecule has 0 aliphatic rings. The van der Waals surface area contributed by atoms with Gasteiger partial charge >= 0.3 is 0 Å². The Labute approximate surface area is 132 Å². The first-order valence-corrected chi connectivity index (χ1v) is 7.82. The number of halogens is 1. The first-order valence-electron chi connectivity index (χ1n) is 6.94. The third kappa shape index (κ3) is 4.21. The number of hydrogen-bond donors (Lipinski definition) is 2. The van der Waals surface area contributed by atoms with Crippen molar-refractivity contribution in [1.82, 2.24) is 5.32 Å². The molecule has 1 aromatic heterocycles. The van der Waals surface area contributed by atoms with Gasteiger partial charge < -0.3 is 11.1 Å². The summed E-state index contributed by atoms with van der Waals surface area (Å²) in [5.74, 6) is 0.0876. The lowest BCUT2D eigenvalue weighted by Gasteiger charge is -2.31. The van der Waals surface area contributed by atoms with Crippen molar-refractivity contribution in [3.05, 3.63) is 22.4 Å². The lowest BCUT2D eigenvalue weighted by Crippen LogP contribution is -2.48. The number of nitrogens with two attached hydrogens (primary N) is 1. The lowest BCUT2D eigenvalue weighted by atomic mass is 9.81. The van der Waals surface area contributed by atoms with Gasteiger partial charge in [-0.2, -0.15) is 0 Å². The van der Waals surface area contributed by atoms with Crippen LogP contribution in [0.25, 0.3) is 0 Å². The first-order chi connectivity index (χ1) is 8.91. The van der Waals surface area contributed by atoms with Crippen LogP contribution >= 0.6 is 23.7 Å². The Balaban J connectivity index is 0.00000361. The van der Waals surface area contributed by atoms with Gasteiger partial charge in [-0.15, -0.1) is 23.7 Å². The third-order valence-corrected chi connectivity index (χ3v) is 5.34. The first kappa shape index (κ1) is 19.4. The van der Waals surface area contributed by atoms with Crippen LogP contribution in [0.4, 0.5) is 0 Å². The van der Waals surface area contributed by atoms with E-state index in [0.29, 0.717) is 13.1 Å². The van der Waals surface area contributed by atoms with E-state index in [4.69, 9.17) is 5.73 Å². The number of thiophene rings is 1. The van der Waals surface area contributed by atoms with Crippen molar-refractivity contribution in [3.63, 3.8) is 0 Å². The van der Waals surface area contributed by atoms with Gasteiger partial charge in [-0.1, -0.05) is 33.8 Å². The second kappa shape index (κ2) is 8.01. The minimum atomic E-state index is -0.411. The Morgan fingerprint density at radius 1 is 1.35 bits per heavy atom. The fourth-order valence-electron chi connectivity index (χ4n) is 2.19. The van der Waals surface area contributed by atoms with Crippen molar-refractivity contribution in [2.75, 3.05) is 13.1 Å². The van der Waals surface area contributed by atoms with Crippen LogP contribution in [0, 0.1) is 5.41 Å². The van der Waals surface area contributed by atoms with Gasteiger partial charge in [0.15, 0.2) is 0 Å². The van der Waals surface area contributed by atoms with E-state index in [-0.39, 0.29) is 23.7 Å². The van der Waals surface area contributed by atoms with E-state index >= 15 is 0 Å². The van der Waals surface area contributed by atoms with E-state index in [1.54, 1.807) is 11.3 Å². The Hall–Kier alpha value is -0.580. The molecule has 0 spiro atoms. The summed E-state index contributed by atoms with van der Waals surface area (Å²) < 4.78 is 0. The van der Waals surface area contributed by atoms with Gasteiger partial charge in [-0.3, -0.25) is 4.79 Å². The van der Waals surface area contributed by atoms with Crippen LogP contribution in [-0.4, -0.2) is 19.0 Å². The zero-order valence-electron chi connectivity index (χ0n) is 12.9. The van der Waals surface area contributed by atoms with E-state index < -0.39 is 5.41 Å². The van der Waals surface area contributed by atoms with Gasteiger partial charge in [0.05, 0.1) is 5.41 Å². The molecule has 20 heavy (non-hydrogen) atoms. The minimum absolute atomic E-state index is 0. The standard InChI is InChI=1S/C15H26N2OS.ClH/c1-5-15(6-2,10-16)13(18)17-11-14(3,4)12-8-7-9-19-12;/h7-9H,5-6,10-11,16H2,1-4H3,(H,17,18);1H. The molecule has 116 valence electrons. The predicted molar refractivity (Wildman–Crippen MR) is 89.7 cm³/mol. The number of nitrogens with one attached hydrogen (secondary N) is 1. The average Bonchev–Trinajstić information content (AvgIpc) is 2.94. The van der Waals surface area contributed by atoms with Gasteiger partial charge in [-0.05, 0) is 24.3 Å². The van der Waals surface area contributed by atoms with Crippen molar-refractivity contribution in [2.45, 2.75) is 46.0 Å². The third-order valence-electron chi connectivity index (χ3n) is 4.11. The molecular weight excluding hydrogens is 292 g/mol. The predicted octanol–water partition coefficient (Wildman–Crippen LogP) is 3.33. The molecule has 0 aromatic carbocycles. The lowest BCUT2D eigenvalue weighted by molar-refractivity contribution is -0.131. The van der Waals surface area contributed by atoms with Gasteiger partial charge in [-0.25, -0.2) is 0 Å². The van der Waals surface area contributed by atoms with Crippen LogP contribution in [0.2, 0.25) is 0 Å². The molecule has 0 saturated carbocycles. The fraction of sp³-hybridized carbons (Fsp3) is 0.667. The van der Waals surface area contributed by atoms with Crippen molar-refractivity contribution in [3.8, 4) is 0 Å². The van der Waals surface area contributed by atoms with Crippen LogP contribution in [0.3, 0.4) is 0 Å². The van der Waals surface area contributed by atoms with E-state index in [1.165, 1.54) is 4.88 Å². The maximum Gasteiger partial charge on any atom is 0.227 e. The van der Waals surface area contributed by atoms with Gasteiger partial charge in [0.1, 0.15) is 0 Å². The molecule has 1 rings (SSSR count). The summed E-state index contributed by atoms with van der Waals surface area (Å²) in [6, 6.07) is 4.17. The normalized spacial score (nSPS) is 11.8. The minimum Gasteiger partial charge on any atom is -0.355 e. The Morgan fingerprint density at radius 2 is 1.95 bits per heavy atom. The second-order valence-electron chi connectivity index (χ2n) is 5.74. The van der Waals surface area contributed by atoms with E-state index in [2.05, 4.69) is 30.6 Å². The van der Waals surface area contributed by atoms with E-state index in [1.807, 2.05) is 19.9 Å². The molecule has 1 amide bonds. The SMILES string of the molecule is CCC(CC)(CN)C(=O)NCC(C)(C)c1cccs1.Cl. The van der Waals surface area contributed by atoms with Crippen LogP contribution in [-0.2, 0) is 10.2 Å². The number of rotatable bonds is 7. The molecule has 3 N–H and O–H groups in total. The van der Waals surface area contributed by atoms with Crippen LogP contribution < -0.4 is 11.1 Å².